The zero-order valence-electron chi connectivity index (χ0n) is 10.7. The Morgan fingerprint density at radius 1 is 0.889 bits per heavy atom. The minimum atomic E-state index is -2.03. The van der Waals surface area contributed by atoms with Gasteiger partial charge >= 0.3 is 6.03 Å². The molecule has 0 spiro atoms. The maximum atomic E-state index is 11.4. The summed E-state index contributed by atoms with van der Waals surface area (Å²) in [7, 11) is 0. The maximum Gasteiger partial charge on any atom is 0.314 e. The second-order valence-electron chi connectivity index (χ2n) is 4.53. The second-order valence-corrected chi connectivity index (χ2v) is 21.0. The van der Waals surface area contributed by atoms with Crippen LogP contribution in [0, 0.1) is 0 Å². The number of amides is 2. The fraction of sp³-hybridized carbons (Fsp3) is 0.889. The summed E-state index contributed by atoms with van der Waals surface area (Å²) in [5, 5.41) is 5.51. The minimum absolute atomic E-state index is 0.171. The van der Waals surface area contributed by atoms with Crippen LogP contribution in [-0.2, 0) is 0 Å². The van der Waals surface area contributed by atoms with Crippen LogP contribution in [0.1, 0.15) is 12.8 Å². The smallest absolute Gasteiger partial charge is 0.314 e. The summed E-state index contributed by atoms with van der Waals surface area (Å²) >= 11 is 23.8. The molecular weight excluding hydrogens is 350 g/mol. The Morgan fingerprint density at radius 2 is 1.22 bits per heavy atom. The molecule has 0 saturated carbocycles. The summed E-state index contributed by atoms with van der Waals surface area (Å²) in [5.41, 5.74) is 0. The van der Waals surface area contributed by atoms with Crippen LogP contribution >= 0.6 is 44.3 Å². The number of carbonyl (C=O) groups excluding carboxylic acids is 1. The lowest BCUT2D eigenvalue weighted by atomic mass is 10.4. The van der Waals surface area contributed by atoms with E-state index in [4.69, 9.17) is 44.3 Å². The Hall–Kier alpha value is 0.864. The van der Waals surface area contributed by atoms with Gasteiger partial charge in [-0.1, -0.05) is 0 Å². The van der Waals surface area contributed by atoms with E-state index >= 15 is 0 Å². The first-order valence-electron chi connectivity index (χ1n) is 5.87. The largest absolute Gasteiger partial charge is 0.338 e. The van der Waals surface area contributed by atoms with Gasteiger partial charge in [0.25, 0.3) is 0 Å². The molecule has 0 aliphatic heterocycles. The van der Waals surface area contributed by atoms with E-state index in [1.165, 1.54) is 0 Å². The van der Waals surface area contributed by atoms with E-state index in [1.54, 1.807) is 0 Å². The van der Waals surface area contributed by atoms with E-state index in [2.05, 4.69) is 10.6 Å². The van der Waals surface area contributed by atoms with E-state index < -0.39 is 13.4 Å². The lowest BCUT2D eigenvalue weighted by molar-refractivity contribution is 0.241. The molecule has 18 heavy (non-hydrogen) atoms. The molecule has 2 N–H and O–H groups in total. The van der Waals surface area contributed by atoms with Crippen molar-refractivity contribution in [1.82, 2.24) is 10.6 Å². The predicted octanol–water partition coefficient (Wildman–Crippen LogP) is 4.17. The fourth-order valence-corrected chi connectivity index (χ4v) is 4.46. The SMILES string of the molecule is C[Si](Cl)(Cl)CCCNC(=O)NCCC[Si](C)(Cl)Cl. The highest BCUT2D eigenvalue weighted by atomic mass is 35.7. The standard InChI is InChI=1S/C9H20Cl4N2OSi2/c1-17(10,11)7-3-5-14-9(16)15-6-4-8-18(2,12)13/h3-8H2,1-2H3,(H2,14,15,16). The molecule has 108 valence electrons. The summed E-state index contributed by atoms with van der Waals surface area (Å²) < 4.78 is 0. The molecule has 0 aromatic heterocycles. The van der Waals surface area contributed by atoms with Gasteiger partial charge in [0.1, 0.15) is 0 Å². The monoisotopic (exact) mass is 368 g/mol. The highest BCUT2D eigenvalue weighted by molar-refractivity contribution is 7.45. The zero-order chi connectivity index (χ0) is 14.2. The summed E-state index contributed by atoms with van der Waals surface area (Å²) in [6.45, 7) is 0.851. The summed E-state index contributed by atoms with van der Waals surface area (Å²) in [6, 6.07) is 1.38. The van der Waals surface area contributed by atoms with Gasteiger partial charge in [-0.2, -0.15) is 0 Å². The van der Waals surface area contributed by atoms with Crippen LogP contribution in [0.3, 0.4) is 0 Å². The Kier molecular flexibility index (Phi) is 9.35. The van der Waals surface area contributed by atoms with Gasteiger partial charge in [0.15, 0.2) is 0 Å². The predicted molar refractivity (Wildman–Crippen MR) is 86.9 cm³/mol. The third kappa shape index (κ3) is 14.9. The van der Waals surface area contributed by atoms with Gasteiger partial charge < -0.3 is 10.6 Å². The average Bonchev–Trinajstić information content (AvgIpc) is 2.17. The van der Waals surface area contributed by atoms with Crippen molar-refractivity contribution in [3.63, 3.8) is 0 Å². The van der Waals surface area contributed by atoms with Crippen molar-refractivity contribution < 1.29 is 4.79 Å². The normalized spacial score (nSPS) is 12.3. The molecule has 9 heteroatoms. The van der Waals surface area contributed by atoms with Crippen molar-refractivity contribution in [1.29, 1.82) is 0 Å². The van der Waals surface area contributed by atoms with Crippen LogP contribution in [0.25, 0.3) is 0 Å². The highest BCUT2D eigenvalue weighted by Crippen LogP contribution is 2.21. The molecule has 0 atom stereocenters. The van der Waals surface area contributed by atoms with Crippen molar-refractivity contribution in [2.75, 3.05) is 13.1 Å². The number of rotatable bonds is 8. The van der Waals surface area contributed by atoms with E-state index in [0.29, 0.717) is 13.1 Å². The summed E-state index contributed by atoms with van der Waals surface area (Å²) in [6.07, 6.45) is 1.61. The van der Waals surface area contributed by atoms with Crippen molar-refractivity contribution in [2.24, 2.45) is 0 Å². The van der Waals surface area contributed by atoms with E-state index in [1.807, 2.05) is 13.1 Å². The number of carbonyl (C=O) groups is 1. The van der Waals surface area contributed by atoms with Gasteiger partial charge in [-0.05, 0) is 38.0 Å². The number of urea groups is 1. The van der Waals surface area contributed by atoms with Gasteiger partial charge in [0.05, 0.1) is 0 Å². The van der Waals surface area contributed by atoms with Crippen molar-refractivity contribution in [2.45, 2.75) is 38.0 Å². The molecule has 0 fully saturated rings. The zero-order valence-corrected chi connectivity index (χ0v) is 15.7. The van der Waals surface area contributed by atoms with Gasteiger partial charge in [0, 0.05) is 13.1 Å². The Morgan fingerprint density at radius 3 is 1.50 bits per heavy atom. The van der Waals surface area contributed by atoms with Crippen LogP contribution in [0.2, 0.25) is 25.2 Å². The first-order valence-corrected chi connectivity index (χ1v) is 15.3. The van der Waals surface area contributed by atoms with Crippen molar-refractivity contribution in [3.8, 4) is 0 Å². The van der Waals surface area contributed by atoms with E-state index in [9.17, 15) is 4.79 Å². The van der Waals surface area contributed by atoms with Crippen molar-refractivity contribution in [3.05, 3.63) is 0 Å². The first-order chi connectivity index (χ1) is 8.10. The molecule has 0 bridgehead atoms. The van der Waals surface area contributed by atoms with Crippen LogP contribution in [-0.4, -0.2) is 32.5 Å². The van der Waals surface area contributed by atoms with Gasteiger partial charge in [-0.3, -0.25) is 0 Å². The van der Waals surface area contributed by atoms with Gasteiger partial charge in [-0.25, -0.2) is 4.79 Å². The Labute approximate surface area is 130 Å². The molecular formula is C9H20Cl4N2OSi2. The molecule has 0 heterocycles. The molecule has 0 radical (unpaired) electrons. The molecule has 0 rings (SSSR count). The molecule has 0 aliphatic carbocycles. The van der Waals surface area contributed by atoms with E-state index in [-0.39, 0.29) is 6.03 Å². The molecule has 0 saturated heterocycles. The average molecular weight is 370 g/mol. The maximum absolute atomic E-state index is 11.4. The molecule has 0 aromatic rings. The lowest BCUT2D eigenvalue weighted by Gasteiger charge is -2.12. The molecule has 0 aliphatic rings. The van der Waals surface area contributed by atoms with Crippen molar-refractivity contribution >= 4 is 63.7 Å². The number of halogens is 4. The minimum Gasteiger partial charge on any atom is -0.338 e. The van der Waals surface area contributed by atoms with Crippen LogP contribution in [0.15, 0.2) is 0 Å². The molecule has 0 aromatic carbocycles. The van der Waals surface area contributed by atoms with Crippen LogP contribution < -0.4 is 10.6 Å². The number of nitrogens with one attached hydrogen (secondary N) is 2. The first kappa shape index (κ1) is 18.9. The summed E-state index contributed by atoms with van der Waals surface area (Å²) in [4.78, 5) is 11.4. The molecule has 2 amide bonds. The number of hydrogen-bond acceptors (Lipinski definition) is 1. The Bertz CT molecular complexity index is 232. The molecule has 0 unspecified atom stereocenters. The van der Waals surface area contributed by atoms with E-state index in [0.717, 1.165) is 24.9 Å². The van der Waals surface area contributed by atoms with Gasteiger partial charge in [0.2, 0.25) is 13.4 Å². The third-order valence-corrected chi connectivity index (χ3v) is 6.89. The second kappa shape index (κ2) is 8.92. The summed E-state index contributed by atoms with van der Waals surface area (Å²) in [5.74, 6) is 0. The fourth-order valence-electron chi connectivity index (χ4n) is 1.26. The Balaban J connectivity index is 3.44. The lowest BCUT2D eigenvalue weighted by Crippen LogP contribution is -2.37. The molecule has 3 nitrogen and oxygen atoms in total. The quantitative estimate of drug-likeness (QED) is 0.376. The third-order valence-electron chi connectivity index (χ3n) is 2.16. The topological polar surface area (TPSA) is 41.1 Å². The number of hydrogen-bond donors (Lipinski definition) is 2. The van der Waals surface area contributed by atoms with Crippen LogP contribution in [0.4, 0.5) is 4.79 Å². The van der Waals surface area contributed by atoms with Crippen LogP contribution in [0.5, 0.6) is 0 Å². The highest BCUT2D eigenvalue weighted by Gasteiger charge is 2.20. The van der Waals surface area contributed by atoms with Gasteiger partial charge in [-0.15, -0.1) is 44.3 Å².